The van der Waals surface area contributed by atoms with Gasteiger partial charge in [-0.25, -0.2) is 0 Å². The molecule has 1 aromatic carbocycles. The number of morpholine rings is 1. The third-order valence-corrected chi connectivity index (χ3v) is 3.83. The van der Waals surface area contributed by atoms with Crippen LogP contribution in [-0.4, -0.2) is 43.2 Å². The van der Waals surface area contributed by atoms with Gasteiger partial charge in [-0.15, -0.1) is 0 Å². The van der Waals surface area contributed by atoms with Crippen molar-refractivity contribution in [1.82, 2.24) is 10.2 Å². The molecule has 0 radical (unpaired) electrons. The SMILES string of the molecule is CC(NCc1ccc(C#N)cc1Cl)C(=O)N1CCOCC1. The maximum Gasteiger partial charge on any atom is 0.239 e. The molecular formula is C15H18ClN3O2. The number of hydrogen-bond acceptors (Lipinski definition) is 4. The molecule has 1 atom stereocenters. The average Bonchev–Trinajstić information content (AvgIpc) is 2.53. The van der Waals surface area contributed by atoms with Crippen LogP contribution in [0.25, 0.3) is 0 Å². The molecule has 0 spiro atoms. The summed E-state index contributed by atoms with van der Waals surface area (Å²) < 4.78 is 5.24. The van der Waals surface area contributed by atoms with Gasteiger partial charge < -0.3 is 15.0 Å². The number of hydrogen-bond donors (Lipinski definition) is 1. The third kappa shape index (κ3) is 4.18. The molecule has 1 N–H and O–H groups in total. The van der Waals surface area contributed by atoms with Crippen molar-refractivity contribution in [3.05, 3.63) is 34.3 Å². The molecule has 2 rings (SSSR count). The quantitative estimate of drug-likeness (QED) is 0.916. The first kappa shape index (κ1) is 15.8. The minimum Gasteiger partial charge on any atom is -0.378 e. The van der Waals surface area contributed by atoms with Crippen LogP contribution >= 0.6 is 11.6 Å². The van der Waals surface area contributed by atoms with E-state index in [2.05, 4.69) is 5.32 Å². The lowest BCUT2D eigenvalue weighted by Crippen LogP contribution is -2.49. The largest absolute Gasteiger partial charge is 0.378 e. The van der Waals surface area contributed by atoms with Gasteiger partial charge in [0.15, 0.2) is 0 Å². The molecule has 1 fully saturated rings. The van der Waals surface area contributed by atoms with Crippen LogP contribution in [0.15, 0.2) is 18.2 Å². The third-order valence-electron chi connectivity index (χ3n) is 3.47. The maximum atomic E-state index is 12.2. The first-order chi connectivity index (χ1) is 10.1. The van der Waals surface area contributed by atoms with Gasteiger partial charge in [0.2, 0.25) is 5.91 Å². The van der Waals surface area contributed by atoms with Crippen molar-refractivity contribution in [2.75, 3.05) is 26.3 Å². The van der Waals surface area contributed by atoms with Crippen molar-refractivity contribution in [3.8, 4) is 6.07 Å². The van der Waals surface area contributed by atoms with E-state index in [0.29, 0.717) is 43.4 Å². The number of halogens is 1. The highest BCUT2D eigenvalue weighted by Gasteiger charge is 2.22. The normalized spacial score (nSPS) is 16.3. The Labute approximate surface area is 129 Å². The molecule has 1 aromatic rings. The predicted molar refractivity (Wildman–Crippen MR) is 79.9 cm³/mol. The molecule has 0 aliphatic carbocycles. The fourth-order valence-electron chi connectivity index (χ4n) is 2.17. The molecule has 1 amide bonds. The average molecular weight is 308 g/mol. The van der Waals surface area contributed by atoms with Crippen LogP contribution in [0.1, 0.15) is 18.1 Å². The fraction of sp³-hybridized carbons (Fsp3) is 0.467. The summed E-state index contributed by atoms with van der Waals surface area (Å²) in [6.45, 7) is 4.81. The second kappa shape index (κ2) is 7.41. The van der Waals surface area contributed by atoms with Crippen LogP contribution in [0.4, 0.5) is 0 Å². The van der Waals surface area contributed by atoms with Crippen LogP contribution in [0.3, 0.4) is 0 Å². The van der Waals surface area contributed by atoms with Gasteiger partial charge in [-0.3, -0.25) is 4.79 Å². The summed E-state index contributed by atoms with van der Waals surface area (Å²) in [5.74, 6) is 0.0723. The van der Waals surface area contributed by atoms with Crippen molar-refractivity contribution in [3.63, 3.8) is 0 Å². The summed E-state index contributed by atoms with van der Waals surface area (Å²) in [7, 11) is 0. The highest BCUT2D eigenvalue weighted by atomic mass is 35.5. The Hall–Kier alpha value is -1.61. The highest BCUT2D eigenvalue weighted by molar-refractivity contribution is 6.31. The lowest BCUT2D eigenvalue weighted by Gasteiger charge is -2.29. The van der Waals surface area contributed by atoms with E-state index in [1.807, 2.05) is 17.9 Å². The van der Waals surface area contributed by atoms with Crippen molar-refractivity contribution < 1.29 is 9.53 Å². The fourth-order valence-corrected chi connectivity index (χ4v) is 2.42. The molecule has 0 saturated carbocycles. The van der Waals surface area contributed by atoms with E-state index in [9.17, 15) is 4.79 Å². The van der Waals surface area contributed by atoms with E-state index in [1.54, 1.807) is 18.2 Å². The number of benzene rings is 1. The van der Waals surface area contributed by atoms with Crippen LogP contribution in [0.2, 0.25) is 5.02 Å². The van der Waals surface area contributed by atoms with Crippen LogP contribution in [-0.2, 0) is 16.1 Å². The molecular weight excluding hydrogens is 290 g/mol. The van der Waals surface area contributed by atoms with E-state index < -0.39 is 0 Å². The van der Waals surface area contributed by atoms with Crippen molar-refractivity contribution >= 4 is 17.5 Å². The molecule has 1 aliphatic rings. The Morgan fingerprint density at radius 1 is 1.52 bits per heavy atom. The molecule has 1 heterocycles. The molecule has 112 valence electrons. The van der Waals surface area contributed by atoms with Crippen LogP contribution in [0.5, 0.6) is 0 Å². The number of nitriles is 1. The molecule has 1 unspecified atom stereocenters. The summed E-state index contributed by atoms with van der Waals surface area (Å²) in [5, 5.41) is 12.5. The summed E-state index contributed by atoms with van der Waals surface area (Å²) in [6.07, 6.45) is 0. The lowest BCUT2D eigenvalue weighted by atomic mass is 10.1. The topological polar surface area (TPSA) is 65.4 Å². The van der Waals surface area contributed by atoms with Gasteiger partial charge in [-0.05, 0) is 24.6 Å². The zero-order valence-corrected chi connectivity index (χ0v) is 12.7. The Morgan fingerprint density at radius 2 is 2.24 bits per heavy atom. The van der Waals surface area contributed by atoms with Crippen LogP contribution < -0.4 is 5.32 Å². The predicted octanol–water partition coefficient (Wildman–Crippen LogP) is 1.55. The van der Waals surface area contributed by atoms with Gasteiger partial charge in [0.25, 0.3) is 0 Å². The Morgan fingerprint density at radius 3 is 2.86 bits per heavy atom. The first-order valence-corrected chi connectivity index (χ1v) is 7.28. The second-order valence-electron chi connectivity index (χ2n) is 4.96. The first-order valence-electron chi connectivity index (χ1n) is 6.90. The molecule has 0 aromatic heterocycles. The minimum absolute atomic E-state index is 0.0723. The molecule has 5 nitrogen and oxygen atoms in total. The summed E-state index contributed by atoms with van der Waals surface area (Å²) in [6, 6.07) is 6.92. The van der Waals surface area contributed by atoms with Crippen molar-refractivity contribution in [1.29, 1.82) is 5.26 Å². The van der Waals surface area contributed by atoms with Gasteiger partial charge in [0, 0.05) is 24.7 Å². The number of nitrogens with zero attached hydrogens (tertiary/aromatic N) is 2. The summed E-state index contributed by atoms with van der Waals surface area (Å²) in [5.41, 5.74) is 1.40. The summed E-state index contributed by atoms with van der Waals surface area (Å²) >= 11 is 6.12. The number of rotatable bonds is 4. The van der Waals surface area contributed by atoms with Gasteiger partial charge in [-0.2, -0.15) is 5.26 Å². The Bertz CT molecular complexity index is 550. The molecule has 1 aliphatic heterocycles. The maximum absolute atomic E-state index is 12.2. The van der Waals surface area contributed by atoms with Gasteiger partial charge in [0.05, 0.1) is 30.9 Å². The van der Waals surface area contributed by atoms with Gasteiger partial charge >= 0.3 is 0 Å². The molecule has 0 bridgehead atoms. The van der Waals surface area contributed by atoms with E-state index in [1.165, 1.54) is 0 Å². The molecule has 1 saturated heterocycles. The van der Waals surface area contributed by atoms with E-state index >= 15 is 0 Å². The number of carbonyl (C=O) groups is 1. The van der Waals surface area contributed by atoms with Gasteiger partial charge in [0.1, 0.15) is 0 Å². The molecule has 6 heteroatoms. The van der Waals surface area contributed by atoms with Crippen LogP contribution in [0, 0.1) is 11.3 Å². The Kier molecular flexibility index (Phi) is 5.57. The second-order valence-corrected chi connectivity index (χ2v) is 5.37. The smallest absolute Gasteiger partial charge is 0.239 e. The lowest BCUT2D eigenvalue weighted by molar-refractivity contribution is -0.137. The standard InChI is InChI=1S/C15H18ClN3O2/c1-11(15(20)19-4-6-21-7-5-19)18-10-13-3-2-12(9-17)8-14(13)16/h2-3,8,11,18H,4-7,10H2,1H3. The number of amides is 1. The highest BCUT2D eigenvalue weighted by Crippen LogP contribution is 2.17. The minimum atomic E-state index is -0.283. The number of carbonyl (C=O) groups excluding carboxylic acids is 1. The zero-order valence-electron chi connectivity index (χ0n) is 11.9. The summed E-state index contributed by atoms with van der Waals surface area (Å²) in [4.78, 5) is 14.0. The van der Waals surface area contributed by atoms with Crippen molar-refractivity contribution in [2.24, 2.45) is 0 Å². The van der Waals surface area contributed by atoms with Gasteiger partial charge in [-0.1, -0.05) is 17.7 Å². The van der Waals surface area contributed by atoms with E-state index in [-0.39, 0.29) is 11.9 Å². The Balaban J connectivity index is 1.90. The van der Waals surface area contributed by atoms with Crippen molar-refractivity contribution in [2.45, 2.75) is 19.5 Å². The van der Waals surface area contributed by atoms with E-state index in [4.69, 9.17) is 21.6 Å². The molecule has 21 heavy (non-hydrogen) atoms. The van der Waals surface area contributed by atoms with E-state index in [0.717, 1.165) is 5.56 Å². The number of nitrogens with one attached hydrogen (secondary N) is 1. The number of ether oxygens (including phenoxy) is 1. The zero-order chi connectivity index (χ0) is 15.2. The monoisotopic (exact) mass is 307 g/mol.